The van der Waals surface area contributed by atoms with Crippen LogP contribution in [0.3, 0.4) is 0 Å². The molecule has 0 saturated carbocycles. The fraction of sp³-hybridized carbons (Fsp3) is 0.938. The second kappa shape index (κ2) is 12.1. The molecule has 1 fully saturated rings. The number of hydrogen-bond acceptors (Lipinski definition) is 9. The van der Waals surface area contributed by atoms with Gasteiger partial charge in [-0.1, -0.05) is 0 Å². The third-order valence-corrected chi connectivity index (χ3v) is 4.09. The number of nitrogens with one attached hydrogen (secondary N) is 1. The summed E-state index contributed by atoms with van der Waals surface area (Å²) in [5.41, 5.74) is -0.346. The molecule has 1 amide bonds. The van der Waals surface area contributed by atoms with Gasteiger partial charge in [0.15, 0.2) is 6.29 Å². The number of hydrogen-bond donors (Lipinski definition) is 4. The molecule has 1 aliphatic rings. The maximum Gasteiger partial charge on any atom is 0.694 e. The van der Waals surface area contributed by atoms with Crippen LogP contribution in [0, 0.1) is 0 Å². The second-order valence-corrected chi connectivity index (χ2v) is 7.96. The molecule has 0 aliphatic carbocycles. The fourth-order valence-electron chi connectivity index (χ4n) is 2.49. The number of rotatable bonds is 11. The summed E-state index contributed by atoms with van der Waals surface area (Å²) in [5, 5.41) is 23.2. The molecule has 1 aliphatic heterocycles. The SMILES string of the molecule is CC(=O)NC1C(OCCOC(C)(C)C)OC(COCCO[P+](=O)O)C(O)C1O. The van der Waals surface area contributed by atoms with Gasteiger partial charge in [0.1, 0.15) is 31.0 Å². The van der Waals surface area contributed by atoms with Crippen LogP contribution in [0.1, 0.15) is 27.7 Å². The number of aliphatic hydroxyl groups is 2. The van der Waals surface area contributed by atoms with Crippen molar-refractivity contribution in [2.75, 3.05) is 33.0 Å². The van der Waals surface area contributed by atoms with E-state index >= 15 is 0 Å². The lowest BCUT2D eigenvalue weighted by molar-refractivity contribution is -0.275. The summed E-state index contributed by atoms with van der Waals surface area (Å²) >= 11 is 0. The van der Waals surface area contributed by atoms with Crippen molar-refractivity contribution in [3.63, 3.8) is 0 Å². The Hall–Kier alpha value is -0.750. The van der Waals surface area contributed by atoms with Gasteiger partial charge in [0, 0.05) is 11.5 Å². The molecule has 6 atom stereocenters. The molecule has 4 N–H and O–H groups in total. The zero-order valence-electron chi connectivity index (χ0n) is 16.6. The van der Waals surface area contributed by atoms with Crippen LogP contribution in [0.5, 0.6) is 0 Å². The Kier molecular flexibility index (Phi) is 10.9. The fourth-order valence-corrected chi connectivity index (χ4v) is 2.72. The van der Waals surface area contributed by atoms with Crippen LogP contribution in [0.4, 0.5) is 0 Å². The van der Waals surface area contributed by atoms with E-state index in [1.54, 1.807) is 0 Å². The van der Waals surface area contributed by atoms with E-state index in [0.717, 1.165) is 0 Å². The molecule has 28 heavy (non-hydrogen) atoms. The third-order valence-electron chi connectivity index (χ3n) is 3.68. The molecule has 11 nitrogen and oxygen atoms in total. The first-order valence-corrected chi connectivity index (χ1v) is 10.1. The van der Waals surface area contributed by atoms with Gasteiger partial charge < -0.3 is 34.5 Å². The van der Waals surface area contributed by atoms with Gasteiger partial charge in [0.25, 0.3) is 0 Å². The van der Waals surface area contributed by atoms with E-state index < -0.39 is 44.8 Å². The van der Waals surface area contributed by atoms with Crippen LogP contribution in [0.2, 0.25) is 0 Å². The molecular weight excluding hydrogens is 397 g/mol. The van der Waals surface area contributed by atoms with Gasteiger partial charge in [-0.2, -0.15) is 0 Å². The minimum absolute atomic E-state index is 0.00954. The molecule has 0 spiro atoms. The van der Waals surface area contributed by atoms with Crippen LogP contribution >= 0.6 is 8.25 Å². The quantitative estimate of drug-likeness (QED) is 0.249. The summed E-state index contributed by atoms with van der Waals surface area (Å²) in [6.45, 7) is 7.14. The van der Waals surface area contributed by atoms with Crippen LogP contribution in [0.25, 0.3) is 0 Å². The van der Waals surface area contributed by atoms with Gasteiger partial charge in [-0.05, 0) is 20.8 Å². The number of ether oxygens (including phenoxy) is 4. The van der Waals surface area contributed by atoms with Gasteiger partial charge in [-0.15, -0.1) is 9.42 Å². The van der Waals surface area contributed by atoms with E-state index in [1.165, 1.54) is 6.92 Å². The molecule has 0 bridgehead atoms. The Bertz CT molecular complexity index is 500. The Balaban J connectivity index is 2.61. The average Bonchev–Trinajstić information content (AvgIpc) is 2.57. The van der Waals surface area contributed by atoms with Gasteiger partial charge in [-0.3, -0.25) is 4.79 Å². The monoisotopic (exact) mass is 428 g/mol. The smallest absolute Gasteiger partial charge is 0.388 e. The lowest BCUT2D eigenvalue weighted by Gasteiger charge is -2.42. The second-order valence-electron chi connectivity index (χ2n) is 7.23. The molecule has 6 unspecified atom stereocenters. The standard InChI is InChI=1S/C16H30NO10P/c1-10(18)17-12-14(20)13(19)11(9-23-5-8-26-28(21)22)27-15(12)24-6-7-25-16(2,3)4/h11-15,19-20H,5-9H2,1-4H3,(H-,17,18,21,22)/p+1. The van der Waals surface area contributed by atoms with Gasteiger partial charge in [-0.25, -0.2) is 0 Å². The van der Waals surface area contributed by atoms with Crippen molar-refractivity contribution in [2.45, 2.75) is 63.9 Å². The first kappa shape index (κ1) is 25.3. The maximum atomic E-state index is 11.4. The minimum atomic E-state index is -2.71. The summed E-state index contributed by atoms with van der Waals surface area (Å²) in [5.74, 6) is -0.413. The lowest BCUT2D eigenvalue weighted by atomic mass is 9.97. The van der Waals surface area contributed by atoms with E-state index in [0.29, 0.717) is 0 Å². The summed E-state index contributed by atoms with van der Waals surface area (Å²) < 4.78 is 37.0. The Labute approximate surface area is 165 Å². The highest BCUT2D eigenvalue weighted by Gasteiger charge is 2.45. The zero-order chi connectivity index (χ0) is 21.3. The molecule has 0 aromatic rings. The van der Waals surface area contributed by atoms with E-state index in [2.05, 4.69) is 9.84 Å². The summed E-state index contributed by atoms with van der Waals surface area (Å²) in [4.78, 5) is 20.0. The zero-order valence-corrected chi connectivity index (χ0v) is 17.5. The Morgan fingerprint density at radius 2 is 1.82 bits per heavy atom. The molecule has 0 aromatic heterocycles. The van der Waals surface area contributed by atoms with Crippen molar-refractivity contribution >= 4 is 14.2 Å². The predicted molar refractivity (Wildman–Crippen MR) is 96.5 cm³/mol. The highest BCUT2D eigenvalue weighted by molar-refractivity contribution is 7.32. The largest absolute Gasteiger partial charge is 0.694 e. The molecule has 1 heterocycles. The molecular formula is C16H31NO10P+. The molecule has 1 rings (SSSR count). The maximum absolute atomic E-state index is 11.4. The van der Waals surface area contributed by atoms with Crippen molar-refractivity contribution in [2.24, 2.45) is 0 Å². The summed E-state index contributed by atoms with van der Waals surface area (Å²) in [6, 6.07) is -0.972. The predicted octanol–water partition coefficient (Wildman–Crippen LogP) is -0.548. The topological polar surface area (TPSA) is 153 Å². The van der Waals surface area contributed by atoms with Crippen molar-refractivity contribution in [3.8, 4) is 0 Å². The molecule has 164 valence electrons. The van der Waals surface area contributed by atoms with Gasteiger partial charge in [0.05, 0.1) is 32.0 Å². The van der Waals surface area contributed by atoms with Crippen LogP contribution in [-0.4, -0.2) is 90.3 Å². The minimum Gasteiger partial charge on any atom is -0.388 e. The Morgan fingerprint density at radius 3 is 2.39 bits per heavy atom. The molecule has 0 radical (unpaired) electrons. The van der Waals surface area contributed by atoms with Crippen LogP contribution < -0.4 is 5.32 Å². The van der Waals surface area contributed by atoms with Crippen molar-refractivity contribution in [1.29, 1.82) is 0 Å². The lowest BCUT2D eigenvalue weighted by Crippen LogP contribution is -2.64. The number of aliphatic hydroxyl groups excluding tert-OH is 2. The molecule has 1 saturated heterocycles. The summed E-state index contributed by atoms with van der Waals surface area (Å²) in [7, 11) is -2.71. The van der Waals surface area contributed by atoms with Gasteiger partial charge >= 0.3 is 8.25 Å². The van der Waals surface area contributed by atoms with Crippen molar-refractivity contribution in [1.82, 2.24) is 5.32 Å². The first-order chi connectivity index (χ1) is 13.0. The highest BCUT2D eigenvalue weighted by atomic mass is 31.1. The summed E-state index contributed by atoms with van der Waals surface area (Å²) in [6.07, 6.45) is -4.64. The van der Waals surface area contributed by atoms with Crippen molar-refractivity contribution < 1.29 is 47.9 Å². The van der Waals surface area contributed by atoms with E-state index in [4.69, 9.17) is 23.8 Å². The van der Waals surface area contributed by atoms with E-state index in [-0.39, 0.29) is 38.6 Å². The Morgan fingerprint density at radius 1 is 1.14 bits per heavy atom. The van der Waals surface area contributed by atoms with Crippen molar-refractivity contribution in [3.05, 3.63) is 0 Å². The highest BCUT2D eigenvalue weighted by Crippen LogP contribution is 2.23. The van der Waals surface area contributed by atoms with Crippen LogP contribution in [-0.2, 0) is 32.8 Å². The van der Waals surface area contributed by atoms with E-state index in [9.17, 15) is 19.6 Å². The third kappa shape index (κ3) is 9.64. The number of carbonyl (C=O) groups excluding carboxylic acids is 1. The molecule has 12 heteroatoms. The first-order valence-electron chi connectivity index (χ1n) is 8.92. The normalized spacial score (nSPS) is 28.8. The number of amides is 1. The molecule has 0 aromatic carbocycles. The van der Waals surface area contributed by atoms with E-state index in [1.807, 2.05) is 20.8 Å². The van der Waals surface area contributed by atoms with Gasteiger partial charge in [0.2, 0.25) is 5.91 Å². The number of carbonyl (C=O) groups is 1. The van der Waals surface area contributed by atoms with Crippen LogP contribution in [0.15, 0.2) is 0 Å². The average molecular weight is 428 g/mol.